The molecule has 0 saturated heterocycles. The molecule has 0 radical (unpaired) electrons. The molecule has 1 aromatic rings. The molecule has 1 unspecified atom stereocenters. The Kier molecular flexibility index (Phi) is 3.85. The highest BCUT2D eigenvalue weighted by molar-refractivity contribution is 5.39. The van der Waals surface area contributed by atoms with Crippen LogP contribution in [0.25, 0.3) is 0 Å². The van der Waals surface area contributed by atoms with Crippen LogP contribution in [-0.2, 0) is 6.42 Å². The molecule has 2 heteroatoms. The van der Waals surface area contributed by atoms with Gasteiger partial charge in [-0.1, -0.05) is 19.6 Å². The average Bonchev–Trinajstić information content (AvgIpc) is 2.36. The lowest BCUT2D eigenvalue weighted by Crippen LogP contribution is -2.17. The quantitative estimate of drug-likeness (QED) is 0.806. The van der Waals surface area contributed by atoms with Crippen molar-refractivity contribution in [3.63, 3.8) is 0 Å². The number of benzene rings is 1. The highest BCUT2D eigenvalue weighted by atomic mass is 16.5. The molecule has 1 aromatic carbocycles. The first-order valence-corrected chi connectivity index (χ1v) is 6.38. The number of nitrogens with two attached hydrogens (primary N) is 1. The number of aryl methyl sites for hydroxylation is 1. The zero-order chi connectivity index (χ0) is 12.3. The topological polar surface area (TPSA) is 35.2 Å². The van der Waals surface area contributed by atoms with Crippen molar-refractivity contribution >= 4 is 0 Å². The van der Waals surface area contributed by atoms with Gasteiger partial charge in [0.15, 0.2) is 0 Å². The summed E-state index contributed by atoms with van der Waals surface area (Å²) in [4.78, 5) is 0. The molecule has 0 aliphatic heterocycles. The van der Waals surface area contributed by atoms with E-state index in [0.29, 0.717) is 6.61 Å². The predicted octanol–water partition coefficient (Wildman–Crippen LogP) is 3.37. The molecule has 1 aliphatic carbocycles. The van der Waals surface area contributed by atoms with E-state index in [4.69, 9.17) is 10.5 Å². The van der Waals surface area contributed by atoms with E-state index in [9.17, 15) is 0 Å². The first-order chi connectivity index (χ1) is 8.20. The van der Waals surface area contributed by atoms with E-state index < -0.39 is 0 Å². The second kappa shape index (κ2) is 5.37. The summed E-state index contributed by atoms with van der Waals surface area (Å²) in [5.74, 6) is 0.913. The van der Waals surface area contributed by atoms with E-state index in [1.807, 2.05) is 6.07 Å². The molecule has 0 spiro atoms. The van der Waals surface area contributed by atoms with Crippen LogP contribution in [0.3, 0.4) is 0 Å². The molecule has 2 nitrogen and oxygen atoms in total. The maximum Gasteiger partial charge on any atom is 0.120 e. The van der Waals surface area contributed by atoms with Crippen molar-refractivity contribution in [3.05, 3.63) is 41.5 Å². The van der Waals surface area contributed by atoms with Crippen LogP contribution in [0.2, 0.25) is 0 Å². The van der Waals surface area contributed by atoms with Gasteiger partial charge in [-0.3, -0.25) is 0 Å². The third kappa shape index (κ3) is 2.89. The molecule has 0 aromatic heterocycles. The zero-order valence-corrected chi connectivity index (χ0v) is 10.5. The van der Waals surface area contributed by atoms with Gasteiger partial charge in [0, 0.05) is 6.04 Å². The standard InChI is InChI=1S/C15H21NO/c1-3-11(2)10-17-13-8-7-12-5-4-6-15(16)14(12)9-13/h7-9,15H,2-6,10,16H2,1H3. The van der Waals surface area contributed by atoms with Gasteiger partial charge in [0.1, 0.15) is 12.4 Å². The maximum absolute atomic E-state index is 6.12. The molecule has 92 valence electrons. The van der Waals surface area contributed by atoms with Crippen LogP contribution >= 0.6 is 0 Å². The van der Waals surface area contributed by atoms with Crippen molar-refractivity contribution in [2.75, 3.05) is 6.61 Å². The molecule has 2 N–H and O–H groups in total. The summed E-state index contributed by atoms with van der Waals surface area (Å²) < 4.78 is 5.72. The summed E-state index contributed by atoms with van der Waals surface area (Å²) in [5, 5.41) is 0. The molecule has 1 atom stereocenters. The van der Waals surface area contributed by atoms with Crippen molar-refractivity contribution in [2.45, 2.75) is 38.6 Å². The fraction of sp³-hybridized carbons (Fsp3) is 0.467. The molecule has 0 bridgehead atoms. The Hall–Kier alpha value is -1.28. The summed E-state index contributed by atoms with van der Waals surface area (Å²) in [6, 6.07) is 6.47. The summed E-state index contributed by atoms with van der Waals surface area (Å²) >= 11 is 0. The Morgan fingerprint density at radius 1 is 1.53 bits per heavy atom. The van der Waals surface area contributed by atoms with E-state index in [1.54, 1.807) is 0 Å². The van der Waals surface area contributed by atoms with Gasteiger partial charge >= 0.3 is 0 Å². The minimum Gasteiger partial charge on any atom is -0.489 e. The van der Waals surface area contributed by atoms with Gasteiger partial charge in [-0.2, -0.15) is 0 Å². The monoisotopic (exact) mass is 231 g/mol. The van der Waals surface area contributed by atoms with Crippen molar-refractivity contribution in [1.29, 1.82) is 0 Å². The predicted molar refractivity (Wildman–Crippen MR) is 71.2 cm³/mol. The van der Waals surface area contributed by atoms with Crippen LogP contribution in [-0.4, -0.2) is 6.61 Å². The Balaban J connectivity index is 2.10. The van der Waals surface area contributed by atoms with Crippen molar-refractivity contribution in [3.8, 4) is 5.75 Å². The van der Waals surface area contributed by atoms with Crippen LogP contribution in [0.15, 0.2) is 30.4 Å². The summed E-state index contributed by atoms with van der Waals surface area (Å²) in [6.45, 7) is 6.63. The SMILES string of the molecule is C=C(CC)COc1ccc2c(c1)C(N)CCC2. The van der Waals surface area contributed by atoms with Gasteiger partial charge in [-0.25, -0.2) is 0 Å². The van der Waals surface area contributed by atoms with E-state index in [0.717, 1.165) is 30.6 Å². The molecule has 2 rings (SSSR count). The molecular weight excluding hydrogens is 210 g/mol. The first-order valence-electron chi connectivity index (χ1n) is 6.38. The summed E-state index contributed by atoms with van der Waals surface area (Å²) in [5.41, 5.74) is 9.88. The largest absolute Gasteiger partial charge is 0.489 e. The van der Waals surface area contributed by atoms with Crippen LogP contribution in [0, 0.1) is 0 Å². The highest BCUT2D eigenvalue weighted by Gasteiger charge is 2.17. The lowest BCUT2D eigenvalue weighted by Gasteiger charge is -2.22. The van der Waals surface area contributed by atoms with Crippen molar-refractivity contribution < 1.29 is 4.74 Å². The van der Waals surface area contributed by atoms with Gasteiger partial charge in [-0.05, 0) is 54.5 Å². The number of rotatable bonds is 4. The number of hydrogen-bond acceptors (Lipinski definition) is 2. The average molecular weight is 231 g/mol. The Bertz CT molecular complexity index is 411. The van der Waals surface area contributed by atoms with Crippen LogP contribution in [0.1, 0.15) is 43.4 Å². The summed E-state index contributed by atoms with van der Waals surface area (Å²) in [7, 11) is 0. The van der Waals surface area contributed by atoms with Gasteiger partial charge in [0.05, 0.1) is 0 Å². The van der Waals surface area contributed by atoms with Gasteiger partial charge < -0.3 is 10.5 Å². The van der Waals surface area contributed by atoms with E-state index in [-0.39, 0.29) is 6.04 Å². The number of hydrogen-bond donors (Lipinski definition) is 1. The Labute approximate surface area is 103 Å². The second-order valence-corrected chi connectivity index (χ2v) is 4.75. The smallest absolute Gasteiger partial charge is 0.120 e. The fourth-order valence-corrected chi connectivity index (χ4v) is 2.19. The van der Waals surface area contributed by atoms with Crippen LogP contribution < -0.4 is 10.5 Å². The van der Waals surface area contributed by atoms with E-state index >= 15 is 0 Å². The van der Waals surface area contributed by atoms with E-state index in [1.165, 1.54) is 17.5 Å². The number of ether oxygens (including phenoxy) is 1. The highest BCUT2D eigenvalue weighted by Crippen LogP contribution is 2.30. The first kappa shape index (κ1) is 12.2. The molecule has 0 amide bonds. The summed E-state index contributed by atoms with van der Waals surface area (Å²) in [6.07, 6.45) is 4.38. The lowest BCUT2D eigenvalue weighted by atomic mass is 9.88. The second-order valence-electron chi connectivity index (χ2n) is 4.75. The normalized spacial score (nSPS) is 18.6. The van der Waals surface area contributed by atoms with Crippen LogP contribution in [0.4, 0.5) is 0 Å². The molecule has 0 saturated carbocycles. The molecule has 0 heterocycles. The Morgan fingerprint density at radius 3 is 3.12 bits per heavy atom. The minimum absolute atomic E-state index is 0.177. The van der Waals surface area contributed by atoms with Gasteiger partial charge in [-0.15, -0.1) is 0 Å². The minimum atomic E-state index is 0.177. The molecule has 17 heavy (non-hydrogen) atoms. The lowest BCUT2D eigenvalue weighted by molar-refractivity contribution is 0.348. The van der Waals surface area contributed by atoms with Crippen molar-refractivity contribution in [1.82, 2.24) is 0 Å². The van der Waals surface area contributed by atoms with E-state index in [2.05, 4.69) is 25.6 Å². The Morgan fingerprint density at radius 2 is 2.35 bits per heavy atom. The zero-order valence-electron chi connectivity index (χ0n) is 10.5. The molecular formula is C15H21NO. The van der Waals surface area contributed by atoms with Gasteiger partial charge in [0.2, 0.25) is 0 Å². The molecule has 1 aliphatic rings. The fourth-order valence-electron chi connectivity index (χ4n) is 2.19. The van der Waals surface area contributed by atoms with Crippen LogP contribution in [0.5, 0.6) is 5.75 Å². The number of fused-ring (bicyclic) bond motifs is 1. The van der Waals surface area contributed by atoms with Gasteiger partial charge in [0.25, 0.3) is 0 Å². The van der Waals surface area contributed by atoms with Crippen molar-refractivity contribution in [2.24, 2.45) is 5.73 Å². The molecule has 0 fully saturated rings. The maximum atomic E-state index is 6.12. The third-order valence-corrected chi connectivity index (χ3v) is 3.42. The third-order valence-electron chi connectivity index (χ3n) is 3.42.